The third-order valence-corrected chi connectivity index (χ3v) is 3.18. The van der Waals surface area contributed by atoms with Gasteiger partial charge in [-0.3, -0.25) is 14.4 Å². The number of amides is 3. The van der Waals surface area contributed by atoms with Gasteiger partial charge in [0, 0.05) is 25.1 Å². The molecule has 0 radical (unpaired) electrons. The van der Waals surface area contributed by atoms with E-state index >= 15 is 0 Å². The number of nitrogens with one attached hydrogen (secondary N) is 1. The van der Waals surface area contributed by atoms with Crippen molar-refractivity contribution < 1.29 is 14.4 Å². The standard InChI is InChI=1S/C14H17N3O3/c15-12(18)8-16-14(20)11-5-3-10(4-6-11)9-17-7-1-2-13(17)19/h3-6H,1-2,7-9H2,(H2,15,18)(H,16,20). The monoisotopic (exact) mass is 275 g/mol. The van der Waals surface area contributed by atoms with Crippen molar-refractivity contribution in [2.45, 2.75) is 19.4 Å². The zero-order chi connectivity index (χ0) is 14.5. The maximum Gasteiger partial charge on any atom is 0.251 e. The summed E-state index contributed by atoms with van der Waals surface area (Å²) in [4.78, 5) is 35.6. The molecule has 1 heterocycles. The van der Waals surface area contributed by atoms with Crippen molar-refractivity contribution in [2.75, 3.05) is 13.1 Å². The molecule has 0 unspecified atom stereocenters. The Morgan fingerprint density at radius 3 is 2.50 bits per heavy atom. The smallest absolute Gasteiger partial charge is 0.251 e. The molecule has 20 heavy (non-hydrogen) atoms. The highest BCUT2D eigenvalue weighted by atomic mass is 16.2. The number of primary amides is 1. The Bertz CT molecular complexity index is 525. The van der Waals surface area contributed by atoms with Crippen molar-refractivity contribution in [2.24, 2.45) is 5.73 Å². The first-order valence-corrected chi connectivity index (χ1v) is 6.49. The molecule has 1 aromatic carbocycles. The van der Waals surface area contributed by atoms with Gasteiger partial charge in [0.15, 0.2) is 0 Å². The highest BCUT2D eigenvalue weighted by Gasteiger charge is 2.19. The zero-order valence-electron chi connectivity index (χ0n) is 11.1. The molecular weight excluding hydrogens is 258 g/mol. The Morgan fingerprint density at radius 2 is 1.95 bits per heavy atom. The Hall–Kier alpha value is -2.37. The van der Waals surface area contributed by atoms with Crippen LogP contribution in [0.4, 0.5) is 0 Å². The average Bonchev–Trinajstić information content (AvgIpc) is 2.82. The van der Waals surface area contributed by atoms with Crippen molar-refractivity contribution >= 4 is 17.7 Å². The summed E-state index contributed by atoms with van der Waals surface area (Å²) in [6.45, 7) is 1.19. The number of nitrogens with two attached hydrogens (primary N) is 1. The fraction of sp³-hybridized carbons (Fsp3) is 0.357. The first-order valence-electron chi connectivity index (χ1n) is 6.49. The normalized spacial score (nSPS) is 14.4. The fourth-order valence-corrected chi connectivity index (χ4v) is 2.12. The molecular formula is C14H17N3O3. The molecule has 0 bridgehead atoms. The Morgan fingerprint density at radius 1 is 1.25 bits per heavy atom. The fourth-order valence-electron chi connectivity index (χ4n) is 2.12. The minimum Gasteiger partial charge on any atom is -0.368 e. The van der Waals surface area contributed by atoms with Gasteiger partial charge in [0.25, 0.3) is 5.91 Å². The summed E-state index contributed by atoms with van der Waals surface area (Å²) in [6.07, 6.45) is 1.53. The van der Waals surface area contributed by atoms with E-state index in [4.69, 9.17) is 5.73 Å². The molecule has 1 aliphatic heterocycles. The van der Waals surface area contributed by atoms with E-state index < -0.39 is 5.91 Å². The molecule has 6 nitrogen and oxygen atoms in total. The number of carbonyl (C=O) groups is 3. The molecule has 0 atom stereocenters. The van der Waals surface area contributed by atoms with Gasteiger partial charge in [0.1, 0.15) is 0 Å². The van der Waals surface area contributed by atoms with Crippen molar-refractivity contribution in [3.63, 3.8) is 0 Å². The van der Waals surface area contributed by atoms with Crippen LogP contribution < -0.4 is 11.1 Å². The van der Waals surface area contributed by atoms with Crippen LogP contribution in [0, 0.1) is 0 Å². The molecule has 0 spiro atoms. The lowest BCUT2D eigenvalue weighted by atomic mass is 10.1. The Labute approximate surface area is 116 Å². The molecule has 1 aliphatic rings. The van der Waals surface area contributed by atoms with E-state index in [-0.39, 0.29) is 18.4 Å². The quantitative estimate of drug-likeness (QED) is 0.793. The minimum absolute atomic E-state index is 0.174. The lowest BCUT2D eigenvalue weighted by Gasteiger charge is -2.15. The molecule has 3 amide bonds. The highest BCUT2D eigenvalue weighted by molar-refractivity contribution is 5.96. The second-order valence-corrected chi connectivity index (χ2v) is 4.76. The van der Waals surface area contributed by atoms with Gasteiger partial charge >= 0.3 is 0 Å². The Kier molecular flexibility index (Phi) is 4.34. The Balaban J connectivity index is 1.93. The summed E-state index contributed by atoms with van der Waals surface area (Å²) in [7, 11) is 0. The summed E-state index contributed by atoms with van der Waals surface area (Å²) >= 11 is 0. The van der Waals surface area contributed by atoms with Crippen LogP contribution in [0.15, 0.2) is 24.3 Å². The van der Waals surface area contributed by atoms with Crippen LogP contribution in [-0.2, 0) is 16.1 Å². The summed E-state index contributed by atoms with van der Waals surface area (Å²) < 4.78 is 0. The van der Waals surface area contributed by atoms with Crippen molar-refractivity contribution in [1.82, 2.24) is 10.2 Å². The van der Waals surface area contributed by atoms with E-state index in [1.807, 2.05) is 17.0 Å². The van der Waals surface area contributed by atoms with Crippen LogP contribution in [0.5, 0.6) is 0 Å². The van der Waals surface area contributed by atoms with Gasteiger partial charge in [-0.2, -0.15) is 0 Å². The summed E-state index contributed by atoms with van der Waals surface area (Å²) in [5, 5.41) is 2.42. The lowest BCUT2D eigenvalue weighted by molar-refractivity contribution is -0.128. The molecule has 1 fully saturated rings. The van der Waals surface area contributed by atoms with Crippen LogP contribution in [0.1, 0.15) is 28.8 Å². The molecule has 106 valence electrons. The number of nitrogens with zero attached hydrogens (tertiary/aromatic N) is 1. The second-order valence-electron chi connectivity index (χ2n) is 4.76. The topological polar surface area (TPSA) is 92.5 Å². The van der Waals surface area contributed by atoms with Gasteiger partial charge in [-0.15, -0.1) is 0 Å². The summed E-state index contributed by atoms with van der Waals surface area (Å²) in [5.41, 5.74) is 6.40. The molecule has 0 aromatic heterocycles. The average molecular weight is 275 g/mol. The third-order valence-electron chi connectivity index (χ3n) is 3.18. The van der Waals surface area contributed by atoms with E-state index in [1.54, 1.807) is 12.1 Å². The molecule has 1 aromatic rings. The van der Waals surface area contributed by atoms with Gasteiger partial charge < -0.3 is 16.0 Å². The van der Waals surface area contributed by atoms with Gasteiger partial charge in [-0.25, -0.2) is 0 Å². The number of likely N-dealkylation sites (tertiary alicyclic amines) is 1. The van der Waals surface area contributed by atoms with Crippen molar-refractivity contribution in [1.29, 1.82) is 0 Å². The number of rotatable bonds is 5. The van der Waals surface area contributed by atoms with Crippen molar-refractivity contribution in [3.8, 4) is 0 Å². The summed E-state index contributed by atoms with van der Waals surface area (Å²) in [6, 6.07) is 6.97. The molecule has 2 rings (SSSR count). The van der Waals surface area contributed by atoms with E-state index in [2.05, 4.69) is 5.32 Å². The first kappa shape index (κ1) is 14.0. The van der Waals surface area contributed by atoms with Crippen LogP contribution in [-0.4, -0.2) is 35.7 Å². The lowest BCUT2D eigenvalue weighted by Crippen LogP contribution is -2.33. The maximum atomic E-state index is 11.7. The molecule has 3 N–H and O–H groups in total. The van der Waals surface area contributed by atoms with E-state index in [0.29, 0.717) is 18.5 Å². The van der Waals surface area contributed by atoms with Crippen LogP contribution >= 0.6 is 0 Å². The second kappa shape index (κ2) is 6.18. The predicted molar refractivity (Wildman–Crippen MR) is 72.6 cm³/mol. The van der Waals surface area contributed by atoms with Gasteiger partial charge in [-0.05, 0) is 24.1 Å². The highest BCUT2D eigenvalue weighted by Crippen LogP contribution is 2.14. The van der Waals surface area contributed by atoms with E-state index in [0.717, 1.165) is 18.5 Å². The van der Waals surface area contributed by atoms with Crippen molar-refractivity contribution in [3.05, 3.63) is 35.4 Å². The first-order chi connectivity index (χ1) is 9.56. The number of hydrogen-bond acceptors (Lipinski definition) is 3. The van der Waals surface area contributed by atoms with E-state index in [1.165, 1.54) is 0 Å². The number of hydrogen-bond donors (Lipinski definition) is 2. The number of benzene rings is 1. The van der Waals surface area contributed by atoms with Crippen LogP contribution in [0.25, 0.3) is 0 Å². The van der Waals surface area contributed by atoms with Gasteiger partial charge in [0.05, 0.1) is 6.54 Å². The van der Waals surface area contributed by atoms with Gasteiger partial charge in [0.2, 0.25) is 11.8 Å². The van der Waals surface area contributed by atoms with E-state index in [9.17, 15) is 14.4 Å². The summed E-state index contributed by atoms with van der Waals surface area (Å²) in [5.74, 6) is -0.747. The molecule has 6 heteroatoms. The minimum atomic E-state index is -0.581. The SMILES string of the molecule is NC(=O)CNC(=O)c1ccc(CN2CCCC2=O)cc1. The third kappa shape index (κ3) is 3.57. The van der Waals surface area contributed by atoms with Crippen LogP contribution in [0.3, 0.4) is 0 Å². The van der Waals surface area contributed by atoms with Crippen LogP contribution in [0.2, 0.25) is 0 Å². The molecule has 0 saturated carbocycles. The molecule has 0 aliphatic carbocycles. The largest absolute Gasteiger partial charge is 0.368 e. The zero-order valence-corrected chi connectivity index (χ0v) is 11.1. The maximum absolute atomic E-state index is 11.7. The number of carbonyl (C=O) groups excluding carboxylic acids is 3. The van der Waals surface area contributed by atoms with Gasteiger partial charge in [-0.1, -0.05) is 12.1 Å². The molecule has 1 saturated heterocycles. The predicted octanol–water partition coefficient (Wildman–Crippen LogP) is 0.0241.